The fourth-order valence-electron chi connectivity index (χ4n) is 2.57. The molecule has 1 aliphatic rings. The van der Waals surface area contributed by atoms with Crippen LogP contribution in [0.2, 0.25) is 0 Å². The number of rotatable bonds is 3. The number of ketones is 1. The molecule has 0 atom stereocenters. The lowest BCUT2D eigenvalue weighted by Gasteiger charge is -2.27. The molecule has 0 heterocycles. The van der Waals surface area contributed by atoms with Crippen molar-refractivity contribution in [2.75, 3.05) is 0 Å². The van der Waals surface area contributed by atoms with Crippen molar-refractivity contribution in [3.63, 3.8) is 0 Å². The van der Waals surface area contributed by atoms with Gasteiger partial charge in [0.1, 0.15) is 5.82 Å². The summed E-state index contributed by atoms with van der Waals surface area (Å²) in [5.74, 6) is 0.112. The molecule has 1 nitrogen and oxygen atoms in total. The van der Waals surface area contributed by atoms with Gasteiger partial charge in [-0.15, -0.1) is 0 Å². The Balaban J connectivity index is 1.99. The summed E-state index contributed by atoms with van der Waals surface area (Å²) in [4.78, 5) is 12.6. The molecule has 20 heavy (non-hydrogen) atoms. The summed E-state index contributed by atoms with van der Waals surface area (Å²) >= 11 is 3.13. The lowest BCUT2D eigenvalue weighted by Crippen LogP contribution is -2.14. The molecule has 0 unspecified atom stereocenters. The Morgan fingerprint density at radius 1 is 1.15 bits per heavy atom. The van der Waals surface area contributed by atoms with Crippen LogP contribution < -0.4 is 0 Å². The average Bonchev–Trinajstić information content (AvgIpc) is 2.40. The molecule has 0 amide bonds. The van der Waals surface area contributed by atoms with Gasteiger partial charge in [-0.25, -0.2) is 4.39 Å². The maximum Gasteiger partial charge on any atom is 0.193 e. The van der Waals surface area contributed by atoms with Gasteiger partial charge in [0.15, 0.2) is 5.78 Å². The summed E-state index contributed by atoms with van der Waals surface area (Å²) < 4.78 is 13.6. The molecule has 0 aliphatic heterocycles. The summed E-state index contributed by atoms with van der Waals surface area (Å²) in [6.07, 6.45) is 3.53. The molecular weight excluding hydrogens is 319 g/mol. The Hall–Kier alpha value is -1.48. The number of hydrogen-bond donors (Lipinski definition) is 0. The van der Waals surface area contributed by atoms with Gasteiger partial charge in [-0.2, -0.15) is 0 Å². The van der Waals surface area contributed by atoms with Gasteiger partial charge in [0.2, 0.25) is 0 Å². The van der Waals surface area contributed by atoms with Gasteiger partial charge in [0, 0.05) is 11.1 Å². The van der Waals surface area contributed by atoms with Gasteiger partial charge in [-0.3, -0.25) is 4.79 Å². The van der Waals surface area contributed by atoms with Crippen molar-refractivity contribution < 1.29 is 9.18 Å². The van der Waals surface area contributed by atoms with Crippen molar-refractivity contribution in [2.24, 2.45) is 0 Å². The van der Waals surface area contributed by atoms with E-state index in [0.29, 0.717) is 16.0 Å². The van der Waals surface area contributed by atoms with Crippen molar-refractivity contribution >= 4 is 21.7 Å². The zero-order chi connectivity index (χ0) is 14.1. The molecule has 2 aromatic rings. The first-order valence-electron chi connectivity index (χ1n) is 6.75. The van der Waals surface area contributed by atoms with Gasteiger partial charge in [0.25, 0.3) is 0 Å². The van der Waals surface area contributed by atoms with Gasteiger partial charge in [-0.05, 0) is 58.5 Å². The number of hydrogen-bond acceptors (Lipinski definition) is 1. The first kappa shape index (κ1) is 13.5. The third-order valence-electron chi connectivity index (χ3n) is 3.93. The fraction of sp³-hybridized carbons (Fsp3) is 0.235. The van der Waals surface area contributed by atoms with Crippen molar-refractivity contribution in [3.8, 4) is 0 Å². The molecule has 1 aliphatic carbocycles. The van der Waals surface area contributed by atoms with E-state index < -0.39 is 0 Å². The van der Waals surface area contributed by atoms with E-state index in [1.807, 2.05) is 24.3 Å². The van der Waals surface area contributed by atoms with Crippen LogP contribution in [-0.4, -0.2) is 5.78 Å². The highest BCUT2D eigenvalue weighted by Crippen LogP contribution is 2.38. The van der Waals surface area contributed by atoms with E-state index in [9.17, 15) is 9.18 Å². The van der Waals surface area contributed by atoms with Crippen molar-refractivity contribution in [1.82, 2.24) is 0 Å². The van der Waals surface area contributed by atoms with Gasteiger partial charge < -0.3 is 0 Å². The van der Waals surface area contributed by atoms with Crippen LogP contribution in [0.1, 0.15) is 46.7 Å². The topological polar surface area (TPSA) is 17.1 Å². The quantitative estimate of drug-likeness (QED) is 0.716. The van der Waals surface area contributed by atoms with Gasteiger partial charge in [-0.1, -0.05) is 30.7 Å². The molecule has 0 N–H and O–H groups in total. The van der Waals surface area contributed by atoms with Crippen LogP contribution in [0.4, 0.5) is 4.39 Å². The second-order valence-corrected chi connectivity index (χ2v) is 6.03. The molecular formula is C17H14BrFO. The minimum atomic E-state index is -0.353. The Kier molecular flexibility index (Phi) is 3.70. The first-order chi connectivity index (χ1) is 9.66. The summed E-state index contributed by atoms with van der Waals surface area (Å²) in [5.41, 5.74) is 2.39. The summed E-state index contributed by atoms with van der Waals surface area (Å²) in [6.45, 7) is 0. The lowest BCUT2D eigenvalue weighted by molar-refractivity contribution is 0.103. The number of benzene rings is 2. The standard InChI is InChI=1S/C17H14BrFO/c18-15-10-12(8-9-16(15)19)17(20)14-7-2-1-6-13(14)11-4-3-5-11/h1-2,6-11H,3-5H2. The summed E-state index contributed by atoms with van der Waals surface area (Å²) in [5, 5.41) is 0. The molecule has 3 rings (SSSR count). The van der Waals surface area contributed by atoms with Crippen LogP contribution in [0.5, 0.6) is 0 Å². The smallest absolute Gasteiger partial charge is 0.193 e. The van der Waals surface area contributed by atoms with Crippen LogP contribution in [-0.2, 0) is 0 Å². The van der Waals surface area contributed by atoms with Crippen molar-refractivity contribution in [1.29, 1.82) is 0 Å². The van der Waals surface area contributed by atoms with E-state index in [1.54, 1.807) is 12.1 Å². The van der Waals surface area contributed by atoms with Gasteiger partial charge in [0.05, 0.1) is 4.47 Å². The largest absolute Gasteiger partial charge is 0.289 e. The minimum absolute atomic E-state index is 0.0341. The van der Waals surface area contributed by atoms with Gasteiger partial charge >= 0.3 is 0 Å². The highest BCUT2D eigenvalue weighted by molar-refractivity contribution is 9.10. The third kappa shape index (κ3) is 2.42. The van der Waals surface area contributed by atoms with Crippen LogP contribution in [0.15, 0.2) is 46.9 Å². The monoisotopic (exact) mass is 332 g/mol. The fourth-order valence-corrected chi connectivity index (χ4v) is 2.95. The Morgan fingerprint density at radius 2 is 1.90 bits per heavy atom. The molecule has 0 saturated heterocycles. The van der Waals surface area contributed by atoms with E-state index in [4.69, 9.17) is 0 Å². The maximum atomic E-state index is 13.3. The highest BCUT2D eigenvalue weighted by atomic mass is 79.9. The predicted octanol–water partition coefficient (Wildman–Crippen LogP) is 5.09. The molecule has 102 valence electrons. The number of carbonyl (C=O) groups is 1. The van der Waals surface area contributed by atoms with Crippen molar-refractivity contribution in [2.45, 2.75) is 25.2 Å². The predicted molar refractivity (Wildman–Crippen MR) is 80.6 cm³/mol. The third-order valence-corrected chi connectivity index (χ3v) is 4.54. The van der Waals surface area contributed by atoms with Crippen molar-refractivity contribution in [3.05, 3.63) is 69.4 Å². The van der Waals surface area contributed by atoms with Crippen LogP contribution >= 0.6 is 15.9 Å². The molecule has 0 aromatic heterocycles. The molecule has 2 aromatic carbocycles. The molecule has 1 fully saturated rings. The Bertz CT molecular complexity index is 662. The summed E-state index contributed by atoms with van der Waals surface area (Å²) in [7, 11) is 0. The maximum absolute atomic E-state index is 13.3. The first-order valence-corrected chi connectivity index (χ1v) is 7.55. The number of halogens is 2. The molecule has 0 spiro atoms. The number of carbonyl (C=O) groups excluding carboxylic acids is 1. The molecule has 3 heteroatoms. The average molecular weight is 333 g/mol. The Labute approximate surface area is 126 Å². The lowest BCUT2D eigenvalue weighted by atomic mass is 9.77. The normalized spacial score (nSPS) is 14.9. The second kappa shape index (κ2) is 5.49. The Morgan fingerprint density at radius 3 is 2.55 bits per heavy atom. The second-order valence-electron chi connectivity index (χ2n) is 5.17. The minimum Gasteiger partial charge on any atom is -0.289 e. The van der Waals surface area contributed by atoms with Crippen LogP contribution in [0, 0.1) is 5.82 Å². The van der Waals surface area contributed by atoms with Crippen LogP contribution in [0.25, 0.3) is 0 Å². The molecule has 0 bridgehead atoms. The SMILES string of the molecule is O=C(c1ccc(F)c(Br)c1)c1ccccc1C1CCC1. The van der Waals surface area contributed by atoms with Crippen LogP contribution in [0.3, 0.4) is 0 Å². The molecule has 1 saturated carbocycles. The zero-order valence-corrected chi connectivity index (χ0v) is 12.5. The van der Waals surface area contributed by atoms with E-state index in [1.165, 1.54) is 12.5 Å². The van der Waals surface area contributed by atoms with E-state index >= 15 is 0 Å². The molecule has 0 radical (unpaired) electrons. The summed E-state index contributed by atoms with van der Waals surface area (Å²) in [6, 6.07) is 12.2. The van der Waals surface area contributed by atoms with E-state index in [0.717, 1.165) is 24.0 Å². The highest BCUT2D eigenvalue weighted by Gasteiger charge is 2.24. The van der Waals surface area contributed by atoms with E-state index in [2.05, 4.69) is 15.9 Å². The van der Waals surface area contributed by atoms with E-state index in [-0.39, 0.29) is 11.6 Å². The zero-order valence-electron chi connectivity index (χ0n) is 10.9.